The number of halogens is 2. The molecule has 12 heavy (non-hydrogen) atoms. The summed E-state index contributed by atoms with van der Waals surface area (Å²) >= 11 is 0. The first kappa shape index (κ1) is 11.8. The van der Waals surface area contributed by atoms with Crippen molar-refractivity contribution in [3.63, 3.8) is 0 Å². The van der Waals surface area contributed by atoms with Gasteiger partial charge in [-0.25, -0.2) is 8.78 Å². The van der Waals surface area contributed by atoms with E-state index in [-0.39, 0.29) is 12.1 Å². The number of likely N-dealkylation sites (N-methyl/N-ethyl adjacent to an activating group) is 1. The lowest BCUT2D eigenvalue weighted by Gasteiger charge is -2.36. The molecule has 4 heteroatoms. The second-order valence-corrected chi connectivity index (χ2v) is 3.45. The van der Waals surface area contributed by atoms with Crippen molar-refractivity contribution in [3.8, 4) is 0 Å². The molecule has 0 aromatic rings. The summed E-state index contributed by atoms with van der Waals surface area (Å²) in [7, 11) is 0. The predicted octanol–water partition coefficient (Wildman–Crippen LogP) is 1.31. The fraction of sp³-hybridized carbons (Fsp3) is 1.00. The Hall–Kier alpha value is -0.220. The highest BCUT2D eigenvalue weighted by atomic mass is 19.3. The third kappa shape index (κ3) is 3.45. The van der Waals surface area contributed by atoms with Gasteiger partial charge in [0, 0.05) is 12.1 Å². The normalized spacial score (nSPS) is 13.0. The van der Waals surface area contributed by atoms with E-state index < -0.39 is 6.43 Å². The van der Waals surface area contributed by atoms with Gasteiger partial charge in [0.2, 0.25) is 0 Å². The molecule has 0 aromatic heterocycles. The maximum absolute atomic E-state index is 12.1. The zero-order valence-corrected chi connectivity index (χ0v) is 7.98. The van der Waals surface area contributed by atoms with Crippen molar-refractivity contribution >= 4 is 0 Å². The van der Waals surface area contributed by atoms with E-state index in [1.54, 1.807) is 4.90 Å². The first-order valence-corrected chi connectivity index (χ1v) is 4.17. The van der Waals surface area contributed by atoms with E-state index in [1.165, 1.54) is 0 Å². The van der Waals surface area contributed by atoms with E-state index in [0.29, 0.717) is 13.1 Å². The van der Waals surface area contributed by atoms with Crippen molar-refractivity contribution in [2.24, 2.45) is 5.73 Å². The van der Waals surface area contributed by atoms with Crippen molar-refractivity contribution in [1.82, 2.24) is 4.90 Å². The summed E-state index contributed by atoms with van der Waals surface area (Å²) in [4.78, 5) is 1.69. The van der Waals surface area contributed by atoms with Crippen LogP contribution in [0.5, 0.6) is 0 Å². The van der Waals surface area contributed by atoms with Gasteiger partial charge in [-0.2, -0.15) is 0 Å². The van der Waals surface area contributed by atoms with Crippen molar-refractivity contribution in [2.75, 3.05) is 19.6 Å². The van der Waals surface area contributed by atoms with Crippen LogP contribution in [0.2, 0.25) is 0 Å². The van der Waals surface area contributed by atoms with Crippen LogP contribution in [-0.2, 0) is 0 Å². The Morgan fingerprint density at radius 1 is 1.42 bits per heavy atom. The molecule has 0 spiro atoms. The summed E-state index contributed by atoms with van der Waals surface area (Å²) in [6.07, 6.45) is -2.28. The Labute approximate surface area is 72.7 Å². The largest absolute Gasteiger partial charge is 0.329 e. The highest BCUT2D eigenvalue weighted by Crippen LogP contribution is 2.13. The summed E-state index contributed by atoms with van der Waals surface area (Å²) in [6, 6.07) is 0. The summed E-state index contributed by atoms with van der Waals surface area (Å²) in [5, 5.41) is 0. The molecule has 0 atom stereocenters. The quantitative estimate of drug-likeness (QED) is 0.691. The van der Waals surface area contributed by atoms with Gasteiger partial charge in [-0.05, 0) is 20.4 Å². The van der Waals surface area contributed by atoms with Crippen molar-refractivity contribution in [2.45, 2.75) is 32.7 Å². The Balaban J connectivity index is 4.13. The smallest absolute Gasteiger partial charge is 0.251 e. The number of hydrogen-bond acceptors (Lipinski definition) is 2. The maximum Gasteiger partial charge on any atom is 0.251 e. The molecule has 74 valence electrons. The summed E-state index contributed by atoms with van der Waals surface area (Å²) in [5.74, 6) is 0. The Bertz CT molecular complexity index is 126. The van der Waals surface area contributed by atoms with E-state index in [9.17, 15) is 8.78 Å². The molecule has 0 amide bonds. The molecule has 0 aromatic carbocycles. The molecule has 0 bridgehead atoms. The fourth-order valence-electron chi connectivity index (χ4n) is 1.10. The van der Waals surface area contributed by atoms with Gasteiger partial charge in [0.25, 0.3) is 6.43 Å². The molecule has 0 heterocycles. The minimum atomic E-state index is -2.28. The van der Waals surface area contributed by atoms with Crippen LogP contribution in [0.3, 0.4) is 0 Å². The predicted molar refractivity (Wildman–Crippen MR) is 46.4 cm³/mol. The Morgan fingerprint density at radius 2 is 1.92 bits per heavy atom. The average molecular weight is 180 g/mol. The van der Waals surface area contributed by atoms with Gasteiger partial charge in [-0.3, -0.25) is 4.90 Å². The molecule has 0 aliphatic carbocycles. The molecule has 0 rings (SSSR count). The minimum absolute atomic E-state index is 0.194. The summed E-state index contributed by atoms with van der Waals surface area (Å²) in [6.45, 7) is 6.42. The van der Waals surface area contributed by atoms with Crippen LogP contribution in [0.15, 0.2) is 0 Å². The number of alkyl halides is 2. The first-order chi connectivity index (χ1) is 5.44. The topological polar surface area (TPSA) is 29.3 Å². The number of hydrogen-bond donors (Lipinski definition) is 1. The molecule has 0 unspecified atom stereocenters. The highest BCUT2D eigenvalue weighted by molar-refractivity contribution is 4.81. The maximum atomic E-state index is 12.1. The van der Waals surface area contributed by atoms with Crippen LogP contribution >= 0.6 is 0 Å². The number of nitrogens with two attached hydrogens (primary N) is 1. The van der Waals surface area contributed by atoms with Gasteiger partial charge >= 0.3 is 0 Å². The van der Waals surface area contributed by atoms with Crippen molar-refractivity contribution in [3.05, 3.63) is 0 Å². The minimum Gasteiger partial charge on any atom is -0.329 e. The van der Waals surface area contributed by atoms with E-state index in [1.807, 2.05) is 20.8 Å². The molecule has 0 saturated heterocycles. The lowest BCUT2D eigenvalue weighted by Crippen LogP contribution is -2.50. The second-order valence-electron chi connectivity index (χ2n) is 3.45. The Morgan fingerprint density at radius 3 is 2.17 bits per heavy atom. The van der Waals surface area contributed by atoms with Crippen LogP contribution in [0.4, 0.5) is 8.78 Å². The van der Waals surface area contributed by atoms with Crippen LogP contribution < -0.4 is 5.73 Å². The lowest BCUT2D eigenvalue weighted by molar-refractivity contribution is 0.0409. The van der Waals surface area contributed by atoms with Gasteiger partial charge in [0.15, 0.2) is 0 Å². The summed E-state index contributed by atoms with van der Waals surface area (Å²) in [5.41, 5.74) is 5.14. The van der Waals surface area contributed by atoms with Crippen molar-refractivity contribution in [1.29, 1.82) is 0 Å². The molecular formula is C8H18F2N2. The Kier molecular flexibility index (Phi) is 4.63. The third-order valence-corrected chi connectivity index (χ3v) is 2.10. The molecule has 0 aliphatic heterocycles. The van der Waals surface area contributed by atoms with Gasteiger partial charge in [0.05, 0.1) is 6.54 Å². The zero-order valence-electron chi connectivity index (χ0n) is 7.98. The number of rotatable bonds is 5. The average Bonchev–Trinajstić information content (AvgIpc) is 1.99. The second kappa shape index (κ2) is 4.72. The molecule has 0 saturated carbocycles. The van der Waals surface area contributed by atoms with Gasteiger partial charge in [0.1, 0.15) is 0 Å². The molecule has 2 N–H and O–H groups in total. The zero-order chi connectivity index (χ0) is 9.78. The standard InChI is InChI=1S/C8H18F2N2/c1-4-12(5-7(9)10)8(2,3)6-11/h7H,4-6,11H2,1-3H3. The van der Waals surface area contributed by atoms with Crippen LogP contribution in [0.25, 0.3) is 0 Å². The molecule has 0 fully saturated rings. The van der Waals surface area contributed by atoms with Gasteiger partial charge in [-0.15, -0.1) is 0 Å². The van der Waals surface area contributed by atoms with E-state index in [0.717, 1.165) is 0 Å². The number of nitrogens with zero attached hydrogens (tertiary/aromatic N) is 1. The van der Waals surface area contributed by atoms with Crippen LogP contribution in [0, 0.1) is 0 Å². The monoisotopic (exact) mass is 180 g/mol. The molecule has 2 nitrogen and oxygen atoms in total. The third-order valence-electron chi connectivity index (χ3n) is 2.10. The van der Waals surface area contributed by atoms with Gasteiger partial charge < -0.3 is 5.73 Å². The first-order valence-electron chi connectivity index (χ1n) is 4.17. The fourth-order valence-corrected chi connectivity index (χ4v) is 1.10. The lowest BCUT2D eigenvalue weighted by atomic mass is 10.0. The van der Waals surface area contributed by atoms with Crippen LogP contribution in [-0.4, -0.2) is 36.5 Å². The van der Waals surface area contributed by atoms with E-state index in [4.69, 9.17) is 5.73 Å². The van der Waals surface area contributed by atoms with E-state index in [2.05, 4.69) is 0 Å². The SMILES string of the molecule is CCN(CC(F)F)C(C)(C)CN. The van der Waals surface area contributed by atoms with Crippen LogP contribution in [0.1, 0.15) is 20.8 Å². The summed E-state index contributed by atoms with van der Waals surface area (Å²) < 4.78 is 24.1. The van der Waals surface area contributed by atoms with Gasteiger partial charge in [-0.1, -0.05) is 6.92 Å². The van der Waals surface area contributed by atoms with Crippen molar-refractivity contribution < 1.29 is 8.78 Å². The van der Waals surface area contributed by atoms with E-state index >= 15 is 0 Å². The highest BCUT2D eigenvalue weighted by Gasteiger charge is 2.25. The molecule has 0 aliphatic rings. The molecular weight excluding hydrogens is 162 g/mol. The molecule has 0 radical (unpaired) electrons.